The van der Waals surface area contributed by atoms with Crippen molar-refractivity contribution in [2.45, 2.75) is 26.8 Å². The summed E-state index contributed by atoms with van der Waals surface area (Å²) in [6.45, 7) is 4.96. The number of amides is 2. The molecule has 2 heterocycles. The van der Waals surface area contributed by atoms with Crippen LogP contribution in [-0.2, 0) is 13.0 Å². The van der Waals surface area contributed by atoms with E-state index in [2.05, 4.69) is 20.4 Å². The van der Waals surface area contributed by atoms with Crippen molar-refractivity contribution >= 4 is 11.7 Å². The van der Waals surface area contributed by atoms with Gasteiger partial charge in [0.2, 0.25) is 5.89 Å². The molecule has 0 saturated heterocycles. The molecule has 28 heavy (non-hydrogen) atoms. The molecule has 0 unspecified atom stereocenters. The zero-order valence-electron chi connectivity index (χ0n) is 16.0. The Morgan fingerprint density at radius 2 is 2.04 bits per heavy atom. The lowest BCUT2D eigenvalue weighted by molar-refractivity contribution is 0.210. The molecule has 0 fully saturated rings. The molecule has 3 aromatic rings. The van der Waals surface area contributed by atoms with E-state index in [1.807, 2.05) is 37.3 Å². The molecular weight excluding hydrogens is 358 g/mol. The molecule has 8 nitrogen and oxygen atoms in total. The summed E-state index contributed by atoms with van der Waals surface area (Å²) in [5.74, 6) is 1.69. The first-order valence-corrected chi connectivity index (χ1v) is 9.12. The molecule has 2 aromatic heterocycles. The minimum absolute atomic E-state index is 0.228. The van der Waals surface area contributed by atoms with Crippen molar-refractivity contribution in [3.63, 3.8) is 0 Å². The van der Waals surface area contributed by atoms with Gasteiger partial charge >= 0.3 is 6.03 Å². The highest BCUT2D eigenvalue weighted by atomic mass is 16.5. The number of hydrogen-bond donors (Lipinski definition) is 1. The first-order chi connectivity index (χ1) is 13.6. The number of nitrogens with one attached hydrogen (secondary N) is 1. The first kappa shape index (κ1) is 19.3. The van der Waals surface area contributed by atoms with Gasteiger partial charge < -0.3 is 19.5 Å². The summed E-state index contributed by atoms with van der Waals surface area (Å²) in [6.07, 6.45) is 2.51. The molecule has 0 saturated carbocycles. The SMILES string of the molecule is CCN(Cc1noc(C)n1)C(=O)Nc1ccc(OCCc2ccccn2)cc1. The fourth-order valence-electron chi connectivity index (χ4n) is 2.56. The number of anilines is 1. The second kappa shape index (κ2) is 9.50. The standard InChI is InChI=1S/C20H23N5O3/c1-3-25(14-19-22-15(2)28-24-19)20(26)23-17-7-9-18(10-8-17)27-13-11-16-6-4-5-12-21-16/h4-10,12H,3,11,13-14H2,1-2H3,(H,23,26). The molecule has 0 aliphatic heterocycles. The smallest absolute Gasteiger partial charge is 0.322 e. The lowest BCUT2D eigenvalue weighted by atomic mass is 10.3. The number of nitrogens with zero attached hydrogens (tertiary/aromatic N) is 4. The van der Waals surface area contributed by atoms with Gasteiger partial charge in [-0.3, -0.25) is 4.98 Å². The fourth-order valence-corrected chi connectivity index (χ4v) is 2.56. The Morgan fingerprint density at radius 1 is 1.21 bits per heavy atom. The van der Waals surface area contributed by atoms with Crippen LogP contribution in [0.3, 0.4) is 0 Å². The number of ether oxygens (including phenoxy) is 1. The Kier molecular flexibility index (Phi) is 6.56. The van der Waals surface area contributed by atoms with Crippen LogP contribution in [0.5, 0.6) is 5.75 Å². The van der Waals surface area contributed by atoms with Gasteiger partial charge in [-0.15, -0.1) is 0 Å². The molecule has 1 N–H and O–H groups in total. The monoisotopic (exact) mass is 381 g/mol. The van der Waals surface area contributed by atoms with Crippen molar-refractivity contribution < 1.29 is 14.1 Å². The van der Waals surface area contributed by atoms with E-state index in [0.29, 0.717) is 30.6 Å². The van der Waals surface area contributed by atoms with Crippen molar-refractivity contribution in [1.29, 1.82) is 0 Å². The van der Waals surface area contributed by atoms with Crippen molar-refractivity contribution in [1.82, 2.24) is 20.0 Å². The predicted octanol–water partition coefficient (Wildman–Crippen LogP) is 3.45. The highest BCUT2D eigenvalue weighted by molar-refractivity contribution is 5.89. The van der Waals surface area contributed by atoms with Gasteiger partial charge in [-0.05, 0) is 43.3 Å². The highest BCUT2D eigenvalue weighted by Gasteiger charge is 2.15. The summed E-state index contributed by atoms with van der Waals surface area (Å²) in [7, 11) is 0. The van der Waals surface area contributed by atoms with Crippen molar-refractivity contribution in [3.05, 3.63) is 66.1 Å². The number of pyridine rings is 1. The molecular formula is C20H23N5O3. The number of carbonyl (C=O) groups is 1. The second-order valence-corrected chi connectivity index (χ2v) is 6.12. The quantitative estimate of drug-likeness (QED) is 0.642. The van der Waals surface area contributed by atoms with Gasteiger partial charge in [0.25, 0.3) is 0 Å². The van der Waals surface area contributed by atoms with Gasteiger partial charge in [-0.1, -0.05) is 11.2 Å². The lowest BCUT2D eigenvalue weighted by Gasteiger charge is -2.19. The largest absolute Gasteiger partial charge is 0.493 e. The van der Waals surface area contributed by atoms with Gasteiger partial charge in [-0.25, -0.2) is 4.79 Å². The zero-order valence-corrected chi connectivity index (χ0v) is 16.0. The van der Waals surface area contributed by atoms with Crippen LogP contribution in [0.2, 0.25) is 0 Å². The minimum Gasteiger partial charge on any atom is -0.493 e. The van der Waals surface area contributed by atoms with Gasteiger partial charge in [0, 0.05) is 37.5 Å². The Morgan fingerprint density at radius 3 is 2.68 bits per heavy atom. The topological polar surface area (TPSA) is 93.4 Å². The number of carbonyl (C=O) groups excluding carboxylic acids is 1. The van der Waals surface area contributed by atoms with E-state index in [1.54, 1.807) is 30.2 Å². The number of aryl methyl sites for hydroxylation is 1. The summed E-state index contributed by atoms with van der Waals surface area (Å²) in [6, 6.07) is 12.9. The highest BCUT2D eigenvalue weighted by Crippen LogP contribution is 2.17. The molecule has 8 heteroatoms. The Bertz CT molecular complexity index is 880. The van der Waals surface area contributed by atoms with Crippen LogP contribution in [0, 0.1) is 6.92 Å². The average Bonchev–Trinajstić information content (AvgIpc) is 3.13. The normalized spacial score (nSPS) is 10.5. The third-order valence-electron chi connectivity index (χ3n) is 4.03. The third-order valence-corrected chi connectivity index (χ3v) is 4.03. The summed E-state index contributed by atoms with van der Waals surface area (Å²) in [5.41, 5.74) is 1.67. The molecule has 0 aliphatic rings. The zero-order chi connectivity index (χ0) is 19.8. The Hall–Kier alpha value is -3.42. The van der Waals surface area contributed by atoms with Crippen LogP contribution in [0.4, 0.5) is 10.5 Å². The third kappa shape index (κ3) is 5.54. The molecule has 0 bridgehead atoms. The Balaban J connectivity index is 1.49. The van der Waals surface area contributed by atoms with Crippen molar-refractivity contribution in [2.24, 2.45) is 0 Å². The molecule has 2 amide bonds. The van der Waals surface area contributed by atoms with E-state index in [0.717, 1.165) is 17.9 Å². The number of aromatic nitrogens is 3. The van der Waals surface area contributed by atoms with E-state index in [-0.39, 0.29) is 12.6 Å². The predicted molar refractivity (Wildman–Crippen MR) is 104 cm³/mol. The van der Waals surface area contributed by atoms with E-state index < -0.39 is 0 Å². The van der Waals surface area contributed by atoms with Gasteiger partial charge in [0.05, 0.1) is 13.2 Å². The maximum atomic E-state index is 12.5. The number of urea groups is 1. The fraction of sp³-hybridized carbons (Fsp3) is 0.300. The van der Waals surface area contributed by atoms with E-state index in [4.69, 9.17) is 9.26 Å². The van der Waals surface area contributed by atoms with Gasteiger partial charge in [-0.2, -0.15) is 4.98 Å². The lowest BCUT2D eigenvalue weighted by Crippen LogP contribution is -2.34. The molecule has 146 valence electrons. The maximum absolute atomic E-state index is 12.5. The van der Waals surface area contributed by atoms with Crippen LogP contribution in [0.1, 0.15) is 24.3 Å². The Labute approximate surface area is 163 Å². The van der Waals surface area contributed by atoms with Crippen LogP contribution < -0.4 is 10.1 Å². The van der Waals surface area contributed by atoms with Crippen LogP contribution in [-0.4, -0.2) is 39.2 Å². The minimum atomic E-state index is -0.228. The van der Waals surface area contributed by atoms with Crippen molar-refractivity contribution in [2.75, 3.05) is 18.5 Å². The summed E-state index contributed by atoms with van der Waals surface area (Å²) in [4.78, 5) is 22.5. The van der Waals surface area contributed by atoms with Crippen LogP contribution in [0.15, 0.2) is 53.2 Å². The summed E-state index contributed by atoms with van der Waals surface area (Å²) >= 11 is 0. The molecule has 3 rings (SSSR count). The second-order valence-electron chi connectivity index (χ2n) is 6.12. The average molecular weight is 381 g/mol. The van der Waals surface area contributed by atoms with E-state index >= 15 is 0 Å². The van der Waals surface area contributed by atoms with Crippen LogP contribution in [0.25, 0.3) is 0 Å². The summed E-state index contributed by atoms with van der Waals surface area (Å²) in [5, 5.41) is 6.69. The number of benzene rings is 1. The molecule has 0 atom stereocenters. The number of rotatable bonds is 8. The van der Waals surface area contributed by atoms with E-state index in [1.165, 1.54) is 0 Å². The maximum Gasteiger partial charge on any atom is 0.322 e. The van der Waals surface area contributed by atoms with E-state index in [9.17, 15) is 4.79 Å². The van der Waals surface area contributed by atoms with Crippen LogP contribution >= 0.6 is 0 Å². The summed E-state index contributed by atoms with van der Waals surface area (Å²) < 4.78 is 10.7. The number of hydrogen-bond acceptors (Lipinski definition) is 6. The van der Waals surface area contributed by atoms with Gasteiger partial charge in [0.15, 0.2) is 5.82 Å². The molecule has 1 aromatic carbocycles. The first-order valence-electron chi connectivity index (χ1n) is 9.12. The van der Waals surface area contributed by atoms with Gasteiger partial charge in [0.1, 0.15) is 5.75 Å². The van der Waals surface area contributed by atoms with Crippen molar-refractivity contribution in [3.8, 4) is 5.75 Å². The molecule has 0 aliphatic carbocycles. The molecule has 0 radical (unpaired) electrons. The molecule has 0 spiro atoms.